The van der Waals surface area contributed by atoms with Gasteiger partial charge >= 0.3 is 5.97 Å². The number of rotatable bonds is 7. The van der Waals surface area contributed by atoms with Gasteiger partial charge in [-0.25, -0.2) is 8.42 Å². The molecule has 3 heterocycles. The van der Waals surface area contributed by atoms with Gasteiger partial charge in [0.2, 0.25) is 21.8 Å². The molecule has 56 heavy (non-hydrogen) atoms. The number of H-pyrrole nitrogens is 1. The quantitative estimate of drug-likeness (QED) is 0.268. The molecule has 3 amide bonds. The van der Waals surface area contributed by atoms with Gasteiger partial charge in [0.05, 0.1) is 35.2 Å². The molecule has 14 heteroatoms. The number of sulfonamides is 1. The van der Waals surface area contributed by atoms with Crippen LogP contribution in [0, 0.1) is 23.7 Å². The molecule has 0 unspecified atom stereocenters. The third kappa shape index (κ3) is 7.74. The van der Waals surface area contributed by atoms with Crippen molar-refractivity contribution in [2.75, 3.05) is 6.54 Å². The first-order chi connectivity index (χ1) is 27.0. The molecular formula is C42H54N4O9S. The van der Waals surface area contributed by atoms with Gasteiger partial charge in [-0.3, -0.25) is 28.7 Å². The second-order valence-corrected chi connectivity index (χ2v) is 19.1. The molecule has 4 aliphatic carbocycles. The van der Waals surface area contributed by atoms with E-state index in [0.717, 1.165) is 70.6 Å². The molecule has 2 aromatic rings. The maximum Gasteiger partial charge on any atom is 0.306 e. The summed E-state index contributed by atoms with van der Waals surface area (Å²) in [6, 6.07) is 6.17. The van der Waals surface area contributed by atoms with E-state index in [1.807, 2.05) is 18.2 Å². The molecular weight excluding hydrogens is 737 g/mol. The molecule has 5 fully saturated rings. The topological polar surface area (TPSA) is 181 Å². The van der Waals surface area contributed by atoms with Crippen molar-refractivity contribution in [3.8, 4) is 5.88 Å². The van der Waals surface area contributed by atoms with Gasteiger partial charge in [-0.2, -0.15) is 0 Å². The fraction of sp³-hybridized carbons (Fsp3) is 0.643. The van der Waals surface area contributed by atoms with Crippen molar-refractivity contribution >= 4 is 44.6 Å². The Balaban J connectivity index is 1.13. The molecule has 2 aliphatic heterocycles. The first-order valence-electron chi connectivity index (χ1n) is 20.8. The van der Waals surface area contributed by atoms with Crippen LogP contribution in [0.4, 0.5) is 0 Å². The lowest BCUT2D eigenvalue weighted by Gasteiger charge is -2.32. The third-order valence-corrected chi connectivity index (χ3v) is 15.2. The average Bonchev–Trinajstić information content (AvgIpc) is 3.96. The summed E-state index contributed by atoms with van der Waals surface area (Å²) < 4.78 is 40.5. The Kier molecular flexibility index (Phi) is 10.8. The molecule has 13 nitrogen and oxygen atoms in total. The Hall–Kier alpha value is -4.20. The van der Waals surface area contributed by atoms with E-state index < -0.39 is 56.6 Å². The zero-order chi connectivity index (χ0) is 39.2. The van der Waals surface area contributed by atoms with Crippen LogP contribution < -0.4 is 20.2 Å². The van der Waals surface area contributed by atoms with Crippen molar-refractivity contribution in [3.05, 3.63) is 52.7 Å². The van der Waals surface area contributed by atoms with Crippen molar-refractivity contribution in [2.24, 2.45) is 23.7 Å². The Labute approximate surface area is 327 Å². The van der Waals surface area contributed by atoms with Gasteiger partial charge in [0.25, 0.3) is 5.91 Å². The van der Waals surface area contributed by atoms with Crippen molar-refractivity contribution in [1.82, 2.24) is 19.9 Å². The molecule has 3 N–H and O–H groups in total. The molecule has 8 rings (SSSR count). The third-order valence-electron chi connectivity index (χ3n) is 13.4. The zero-order valence-corrected chi connectivity index (χ0v) is 32.8. The number of ether oxygens (including phenoxy) is 2. The summed E-state index contributed by atoms with van der Waals surface area (Å²) in [7, 11) is -3.90. The Morgan fingerprint density at radius 1 is 0.911 bits per heavy atom. The maximum atomic E-state index is 14.9. The smallest absolute Gasteiger partial charge is 0.306 e. The van der Waals surface area contributed by atoms with Crippen molar-refractivity contribution < 1.29 is 37.1 Å². The van der Waals surface area contributed by atoms with Gasteiger partial charge in [-0.1, -0.05) is 43.9 Å². The van der Waals surface area contributed by atoms with Crippen LogP contribution in [0.1, 0.15) is 108 Å². The fourth-order valence-corrected chi connectivity index (χ4v) is 11.3. The van der Waals surface area contributed by atoms with Crippen LogP contribution in [0.3, 0.4) is 0 Å². The molecule has 6 aliphatic rings. The summed E-state index contributed by atoms with van der Waals surface area (Å²) >= 11 is 0. The number of carbonyl (C=O) groups excluding carboxylic acids is 4. The number of hydrogen-bond acceptors (Lipinski definition) is 9. The van der Waals surface area contributed by atoms with Gasteiger partial charge in [0, 0.05) is 17.7 Å². The first kappa shape index (κ1) is 38.7. The number of aromatic amines is 1. The Morgan fingerprint density at radius 3 is 2.39 bits per heavy atom. The van der Waals surface area contributed by atoms with E-state index in [1.54, 1.807) is 6.07 Å². The second kappa shape index (κ2) is 15.6. The Morgan fingerprint density at radius 2 is 1.64 bits per heavy atom. The summed E-state index contributed by atoms with van der Waals surface area (Å²) in [5.41, 5.74) is -0.522. The molecule has 1 aromatic carbocycles. The Bertz CT molecular complexity index is 2060. The maximum absolute atomic E-state index is 14.9. The molecule has 0 spiro atoms. The first-order valence-corrected chi connectivity index (χ1v) is 22.3. The van der Waals surface area contributed by atoms with Crippen LogP contribution in [-0.2, 0) is 40.4 Å². The van der Waals surface area contributed by atoms with E-state index in [1.165, 1.54) is 11.0 Å². The van der Waals surface area contributed by atoms with Crippen LogP contribution in [0.5, 0.6) is 5.88 Å². The molecule has 1 saturated heterocycles. The number of hydrogen-bond donors (Lipinski definition) is 3. The minimum atomic E-state index is -3.90. The predicted molar refractivity (Wildman–Crippen MR) is 208 cm³/mol. The van der Waals surface area contributed by atoms with Crippen LogP contribution in [0.2, 0.25) is 0 Å². The van der Waals surface area contributed by atoms with Crippen molar-refractivity contribution in [2.45, 2.75) is 138 Å². The number of nitrogens with one attached hydrogen (secondary N) is 3. The second-order valence-electron chi connectivity index (χ2n) is 17.1. The van der Waals surface area contributed by atoms with Crippen LogP contribution in [0.15, 0.2) is 41.7 Å². The molecule has 2 bridgehead atoms. The number of esters is 1. The van der Waals surface area contributed by atoms with E-state index >= 15 is 0 Å². The number of nitrogens with zero attached hydrogens (tertiary/aromatic N) is 1. The monoisotopic (exact) mass is 790 g/mol. The van der Waals surface area contributed by atoms with E-state index in [4.69, 9.17) is 9.47 Å². The molecule has 1 aromatic heterocycles. The molecule has 7 atom stereocenters. The van der Waals surface area contributed by atoms with Gasteiger partial charge in [0.15, 0.2) is 11.3 Å². The highest BCUT2D eigenvalue weighted by Gasteiger charge is 2.62. The molecule has 302 valence electrons. The van der Waals surface area contributed by atoms with Crippen molar-refractivity contribution in [3.63, 3.8) is 0 Å². The molecule has 0 radical (unpaired) electrons. The number of pyridine rings is 1. The van der Waals surface area contributed by atoms with Gasteiger partial charge in [-0.15, -0.1) is 6.58 Å². The van der Waals surface area contributed by atoms with Crippen LogP contribution >= 0.6 is 0 Å². The van der Waals surface area contributed by atoms with Gasteiger partial charge in [0.1, 0.15) is 23.8 Å². The number of aromatic nitrogens is 1. The van der Waals surface area contributed by atoms with E-state index in [0.29, 0.717) is 41.6 Å². The summed E-state index contributed by atoms with van der Waals surface area (Å²) in [6.07, 6.45) is 11.9. The van der Waals surface area contributed by atoms with E-state index in [-0.39, 0.29) is 61.1 Å². The van der Waals surface area contributed by atoms with E-state index in [9.17, 15) is 32.4 Å². The van der Waals surface area contributed by atoms with Crippen LogP contribution in [0.25, 0.3) is 10.9 Å². The van der Waals surface area contributed by atoms with Gasteiger partial charge in [-0.05, 0) is 94.6 Å². The average molecular weight is 791 g/mol. The largest absolute Gasteiger partial charge is 0.473 e. The lowest BCUT2D eigenvalue weighted by atomic mass is 9.86. The number of benzene rings is 1. The minimum absolute atomic E-state index is 0.00826. The SMILES string of the molecule is C=C[C@@H]1C[C@]1(NC(=O)[C@@H]1C[C@@H]2CN1C(=O)[C@H](C1CCCC1)CC(=O)O[C@@H]1CCC[C@H]1CCCCCc1c([nH]c3ccccc3c1=O)O2)C(=O)NS(=O)(=O)C1CC1. The molecule has 4 saturated carbocycles. The highest BCUT2D eigenvalue weighted by atomic mass is 32.2. The van der Waals surface area contributed by atoms with Gasteiger partial charge < -0.3 is 24.7 Å². The highest BCUT2D eigenvalue weighted by molar-refractivity contribution is 7.91. The summed E-state index contributed by atoms with van der Waals surface area (Å²) in [4.78, 5) is 75.5. The number of carbonyl (C=O) groups is 4. The standard InChI is InChI=1S/C42H54N4O9S/c1-2-27-23-42(27,41(51)45-56(52,53)29-19-20-29)44-38(49)34-21-28-24-46(34)40(50)32(25-11-6-7-12-25)22-36(47)55-35-18-10-14-26(35)13-4-3-5-16-31-37(48)30-15-8-9-17-33(30)43-39(31)54-28/h2,8-9,15,17,25-29,32,34-35H,1,3-7,10-14,16,18-24H2,(H,43,48)(H,44,49)(H,45,51)/t26-,27-,28-,32+,34+,35-,42-/m1/s1. The summed E-state index contributed by atoms with van der Waals surface area (Å²) in [5, 5.41) is 2.78. The van der Waals surface area contributed by atoms with Crippen LogP contribution in [-0.4, -0.2) is 77.6 Å². The lowest BCUT2D eigenvalue weighted by molar-refractivity contribution is -0.156. The number of para-hydroxylation sites is 1. The summed E-state index contributed by atoms with van der Waals surface area (Å²) in [5.74, 6) is -2.89. The lowest BCUT2D eigenvalue weighted by Crippen LogP contribution is -2.57. The normalized spacial score (nSPS) is 31.7. The number of fused-ring (bicyclic) bond motifs is 5. The minimum Gasteiger partial charge on any atom is -0.473 e. The number of amides is 3. The summed E-state index contributed by atoms with van der Waals surface area (Å²) in [6.45, 7) is 3.82. The predicted octanol–water partition coefficient (Wildman–Crippen LogP) is 4.57. The highest BCUT2D eigenvalue weighted by Crippen LogP contribution is 2.46. The zero-order valence-electron chi connectivity index (χ0n) is 32.0. The fourth-order valence-electron chi connectivity index (χ4n) is 9.94. The van der Waals surface area contributed by atoms with E-state index in [2.05, 4.69) is 21.6 Å². The van der Waals surface area contributed by atoms with Crippen molar-refractivity contribution in [1.29, 1.82) is 0 Å².